The molecule has 0 amide bonds. The minimum absolute atomic E-state index is 0.156. The third kappa shape index (κ3) is 3.03. The minimum atomic E-state index is -3.23. The zero-order valence-electron chi connectivity index (χ0n) is 11.3. The van der Waals surface area contributed by atoms with E-state index in [1.165, 1.54) is 0 Å². The summed E-state index contributed by atoms with van der Waals surface area (Å²) in [6.45, 7) is 4.99. The van der Waals surface area contributed by atoms with Crippen LogP contribution in [-0.4, -0.2) is 26.3 Å². The molecular formula is C14H20BrNO2S. The van der Waals surface area contributed by atoms with Crippen LogP contribution in [0.5, 0.6) is 0 Å². The van der Waals surface area contributed by atoms with Crippen LogP contribution in [0.25, 0.3) is 0 Å². The second-order valence-electron chi connectivity index (χ2n) is 5.14. The first-order chi connectivity index (χ1) is 8.96. The van der Waals surface area contributed by atoms with Crippen LogP contribution in [0.15, 0.2) is 33.6 Å². The average Bonchev–Trinajstić information content (AvgIpc) is 2.72. The van der Waals surface area contributed by atoms with E-state index in [0.29, 0.717) is 10.9 Å². The van der Waals surface area contributed by atoms with Gasteiger partial charge in [-0.1, -0.05) is 35.8 Å². The van der Waals surface area contributed by atoms with Gasteiger partial charge in [0.1, 0.15) is 0 Å². The smallest absolute Gasteiger partial charge is 0.181 e. The Morgan fingerprint density at radius 2 is 2.11 bits per heavy atom. The number of hydrogen-bond acceptors (Lipinski definition) is 3. The Hall–Kier alpha value is -0.390. The van der Waals surface area contributed by atoms with Gasteiger partial charge in [0.25, 0.3) is 0 Å². The molecule has 0 heterocycles. The standard InChI is InChI=1S/C14H20BrNO2S/c1-3-16-13-7-8-14(10(13)2)19(17,18)12-6-4-5-11(15)9-12/h4-6,9-10,13-14,16H,3,7-8H2,1-2H3. The van der Waals surface area contributed by atoms with E-state index in [2.05, 4.69) is 28.2 Å². The monoisotopic (exact) mass is 345 g/mol. The Bertz CT molecular complexity index is 544. The first-order valence-corrected chi connectivity index (χ1v) is 9.03. The van der Waals surface area contributed by atoms with Crippen molar-refractivity contribution in [3.63, 3.8) is 0 Å². The summed E-state index contributed by atoms with van der Waals surface area (Å²) in [5, 5.41) is 3.11. The van der Waals surface area contributed by atoms with Crippen LogP contribution in [0.1, 0.15) is 26.7 Å². The van der Waals surface area contributed by atoms with E-state index < -0.39 is 9.84 Å². The number of rotatable bonds is 4. The highest BCUT2D eigenvalue weighted by Gasteiger charge is 2.41. The van der Waals surface area contributed by atoms with Crippen LogP contribution in [0.3, 0.4) is 0 Å². The molecular weight excluding hydrogens is 326 g/mol. The molecule has 0 saturated heterocycles. The molecule has 1 aromatic rings. The first-order valence-electron chi connectivity index (χ1n) is 6.69. The molecule has 0 aromatic heterocycles. The Balaban J connectivity index is 2.26. The van der Waals surface area contributed by atoms with Crippen molar-refractivity contribution in [1.82, 2.24) is 5.32 Å². The third-order valence-corrected chi connectivity index (χ3v) is 6.84. The summed E-state index contributed by atoms with van der Waals surface area (Å²) in [4.78, 5) is 0.427. The maximum Gasteiger partial charge on any atom is 0.181 e. The molecule has 1 fully saturated rings. The van der Waals surface area contributed by atoms with Gasteiger partial charge in [-0.2, -0.15) is 0 Å². The van der Waals surface area contributed by atoms with Gasteiger partial charge in [-0.05, 0) is 43.5 Å². The SMILES string of the molecule is CCNC1CCC(S(=O)(=O)c2cccc(Br)c2)C1C. The van der Waals surface area contributed by atoms with Gasteiger partial charge in [0.2, 0.25) is 0 Å². The number of sulfone groups is 1. The quantitative estimate of drug-likeness (QED) is 0.912. The van der Waals surface area contributed by atoms with Gasteiger partial charge in [-0.25, -0.2) is 8.42 Å². The van der Waals surface area contributed by atoms with E-state index in [1.54, 1.807) is 18.2 Å². The lowest BCUT2D eigenvalue weighted by molar-refractivity contribution is 0.433. The largest absolute Gasteiger partial charge is 0.314 e. The number of nitrogens with one attached hydrogen (secondary N) is 1. The van der Waals surface area contributed by atoms with Crippen molar-refractivity contribution in [3.05, 3.63) is 28.7 Å². The van der Waals surface area contributed by atoms with E-state index in [1.807, 2.05) is 13.0 Å². The number of hydrogen-bond donors (Lipinski definition) is 1. The molecule has 1 N–H and O–H groups in total. The zero-order valence-corrected chi connectivity index (χ0v) is 13.7. The van der Waals surface area contributed by atoms with Crippen molar-refractivity contribution in [3.8, 4) is 0 Å². The lowest BCUT2D eigenvalue weighted by atomic mass is 10.1. The van der Waals surface area contributed by atoms with Crippen LogP contribution in [-0.2, 0) is 9.84 Å². The predicted molar refractivity (Wildman–Crippen MR) is 81.0 cm³/mol. The fourth-order valence-electron chi connectivity index (χ4n) is 2.94. The Kier molecular flexibility index (Phi) is 4.69. The maximum absolute atomic E-state index is 12.7. The zero-order chi connectivity index (χ0) is 14.0. The van der Waals surface area contributed by atoms with E-state index in [4.69, 9.17) is 0 Å². The predicted octanol–water partition coefficient (Wildman–Crippen LogP) is 3.00. The lowest BCUT2D eigenvalue weighted by Crippen LogP contribution is -2.36. The van der Waals surface area contributed by atoms with Crippen LogP contribution in [0, 0.1) is 5.92 Å². The molecule has 1 aromatic carbocycles. The molecule has 1 saturated carbocycles. The van der Waals surface area contributed by atoms with Crippen LogP contribution in [0.2, 0.25) is 0 Å². The molecule has 106 valence electrons. The van der Waals surface area contributed by atoms with Crippen LogP contribution in [0.4, 0.5) is 0 Å². The van der Waals surface area contributed by atoms with Gasteiger partial charge in [0.15, 0.2) is 9.84 Å². The molecule has 1 aliphatic rings. The summed E-state index contributed by atoms with van der Waals surface area (Å²) in [5.74, 6) is 0.156. The summed E-state index contributed by atoms with van der Waals surface area (Å²) >= 11 is 3.34. The van der Waals surface area contributed by atoms with Gasteiger partial charge < -0.3 is 5.32 Å². The highest BCUT2D eigenvalue weighted by molar-refractivity contribution is 9.10. The average molecular weight is 346 g/mol. The summed E-state index contributed by atoms with van der Waals surface area (Å²) in [6.07, 6.45) is 1.68. The first kappa shape index (κ1) is 15.0. The van der Waals surface area contributed by atoms with E-state index in [-0.39, 0.29) is 11.2 Å². The molecule has 2 rings (SSSR count). The summed E-state index contributed by atoms with van der Waals surface area (Å²) in [6, 6.07) is 7.32. The molecule has 0 bridgehead atoms. The minimum Gasteiger partial charge on any atom is -0.314 e. The molecule has 3 unspecified atom stereocenters. The van der Waals surface area contributed by atoms with E-state index >= 15 is 0 Å². The number of halogens is 1. The molecule has 0 aliphatic heterocycles. The summed E-state index contributed by atoms with van der Waals surface area (Å²) in [7, 11) is -3.23. The maximum atomic E-state index is 12.7. The fourth-order valence-corrected chi connectivity index (χ4v) is 5.60. The number of benzene rings is 1. The molecule has 3 atom stereocenters. The highest BCUT2D eigenvalue weighted by atomic mass is 79.9. The van der Waals surface area contributed by atoms with Gasteiger partial charge in [0.05, 0.1) is 10.1 Å². The van der Waals surface area contributed by atoms with Crippen molar-refractivity contribution in [2.75, 3.05) is 6.54 Å². The van der Waals surface area contributed by atoms with Gasteiger partial charge in [-0.3, -0.25) is 0 Å². The van der Waals surface area contributed by atoms with E-state index in [0.717, 1.165) is 23.9 Å². The van der Waals surface area contributed by atoms with Crippen molar-refractivity contribution >= 4 is 25.8 Å². The molecule has 19 heavy (non-hydrogen) atoms. The van der Waals surface area contributed by atoms with Crippen molar-refractivity contribution < 1.29 is 8.42 Å². The van der Waals surface area contributed by atoms with Crippen molar-refractivity contribution in [2.45, 2.75) is 42.9 Å². The summed E-state index contributed by atoms with van der Waals surface area (Å²) < 4.78 is 26.2. The Morgan fingerprint density at radius 1 is 1.37 bits per heavy atom. The molecule has 5 heteroatoms. The lowest BCUT2D eigenvalue weighted by Gasteiger charge is -2.21. The molecule has 0 radical (unpaired) electrons. The second-order valence-corrected chi connectivity index (χ2v) is 8.22. The third-order valence-electron chi connectivity index (χ3n) is 3.97. The van der Waals surface area contributed by atoms with Crippen molar-refractivity contribution in [1.29, 1.82) is 0 Å². The molecule has 1 aliphatic carbocycles. The second kappa shape index (κ2) is 5.94. The summed E-state index contributed by atoms with van der Waals surface area (Å²) in [5.41, 5.74) is 0. The Morgan fingerprint density at radius 3 is 2.74 bits per heavy atom. The fraction of sp³-hybridized carbons (Fsp3) is 0.571. The molecule has 0 spiro atoms. The normalized spacial score (nSPS) is 27.6. The van der Waals surface area contributed by atoms with Gasteiger partial charge in [0, 0.05) is 10.5 Å². The van der Waals surface area contributed by atoms with Gasteiger partial charge >= 0.3 is 0 Å². The highest BCUT2D eigenvalue weighted by Crippen LogP contribution is 2.35. The molecule has 3 nitrogen and oxygen atoms in total. The topological polar surface area (TPSA) is 46.2 Å². The Labute approximate surface area is 123 Å². The van der Waals surface area contributed by atoms with Crippen molar-refractivity contribution in [2.24, 2.45) is 5.92 Å². The van der Waals surface area contributed by atoms with E-state index in [9.17, 15) is 8.42 Å². The van der Waals surface area contributed by atoms with Crippen LogP contribution < -0.4 is 5.32 Å². The van der Waals surface area contributed by atoms with Gasteiger partial charge in [-0.15, -0.1) is 0 Å². The van der Waals surface area contributed by atoms with Crippen LogP contribution >= 0.6 is 15.9 Å².